The van der Waals surface area contributed by atoms with Crippen LogP contribution in [0.25, 0.3) is 0 Å². The Morgan fingerprint density at radius 1 is 1.22 bits per heavy atom. The van der Waals surface area contributed by atoms with Crippen molar-refractivity contribution in [3.8, 4) is 0 Å². The number of methoxy groups -OCH3 is 2. The van der Waals surface area contributed by atoms with Crippen LogP contribution in [0.15, 0.2) is 11.6 Å². The molecule has 1 N–H and O–H groups in total. The summed E-state index contributed by atoms with van der Waals surface area (Å²) in [4.78, 5) is 13.1. The minimum Gasteiger partial charge on any atom is -0.478 e. The summed E-state index contributed by atoms with van der Waals surface area (Å²) in [6.45, 7) is 5.53. The van der Waals surface area contributed by atoms with Crippen molar-refractivity contribution in [3.05, 3.63) is 11.6 Å². The number of nitrogens with zero attached hydrogens (tertiary/aromatic N) is 1. The zero-order valence-corrected chi connectivity index (χ0v) is 11.6. The van der Waals surface area contributed by atoms with Crippen molar-refractivity contribution < 1.29 is 19.4 Å². The first-order valence-corrected chi connectivity index (χ1v) is 6.28. The number of carboxylic acid groups (broad SMARTS) is 1. The largest absolute Gasteiger partial charge is 0.478 e. The van der Waals surface area contributed by atoms with Gasteiger partial charge in [-0.25, -0.2) is 4.79 Å². The lowest BCUT2D eigenvalue weighted by Crippen LogP contribution is -2.29. The molecule has 0 aromatic rings. The Morgan fingerprint density at radius 3 is 2.39 bits per heavy atom. The lowest BCUT2D eigenvalue weighted by molar-refractivity contribution is -0.132. The number of rotatable bonds is 11. The zero-order valence-electron chi connectivity index (χ0n) is 11.6. The number of hydrogen-bond acceptors (Lipinski definition) is 4. The molecule has 106 valence electrons. The van der Waals surface area contributed by atoms with Gasteiger partial charge in [0, 0.05) is 46.0 Å². The molecule has 0 saturated heterocycles. The summed E-state index contributed by atoms with van der Waals surface area (Å²) in [6, 6.07) is 0. The Morgan fingerprint density at radius 2 is 1.89 bits per heavy atom. The minimum atomic E-state index is -0.832. The van der Waals surface area contributed by atoms with E-state index >= 15 is 0 Å². The molecule has 0 aromatic heterocycles. The molecule has 0 amide bonds. The number of aliphatic carboxylic acids is 1. The maximum absolute atomic E-state index is 10.9. The highest BCUT2D eigenvalue weighted by Crippen LogP contribution is 2.02. The lowest BCUT2D eigenvalue weighted by atomic mass is 10.2. The van der Waals surface area contributed by atoms with Gasteiger partial charge in [-0.1, -0.05) is 13.0 Å². The molecule has 5 heteroatoms. The van der Waals surface area contributed by atoms with Gasteiger partial charge in [0.05, 0.1) is 6.61 Å². The second-order valence-electron chi connectivity index (χ2n) is 4.03. The molecule has 0 aliphatic carbocycles. The van der Waals surface area contributed by atoms with Crippen LogP contribution in [-0.2, 0) is 14.3 Å². The Hall–Kier alpha value is -0.910. The molecule has 0 radical (unpaired) electrons. The highest BCUT2D eigenvalue weighted by atomic mass is 16.5. The van der Waals surface area contributed by atoms with Gasteiger partial charge in [-0.3, -0.25) is 4.90 Å². The first-order valence-electron chi connectivity index (χ1n) is 6.28. The molecule has 0 aromatic carbocycles. The van der Waals surface area contributed by atoms with Crippen LogP contribution >= 0.6 is 0 Å². The highest BCUT2D eigenvalue weighted by Gasteiger charge is 2.07. The number of carbonyl (C=O) groups is 1. The van der Waals surface area contributed by atoms with Gasteiger partial charge in [-0.05, 0) is 12.8 Å². The normalized spacial score (nSPS) is 12.1. The summed E-state index contributed by atoms with van der Waals surface area (Å²) in [6.07, 6.45) is 3.26. The van der Waals surface area contributed by atoms with Crippen molar-refractivity contribution in [3.63, 3.8) is 0 Å². The van der Waals surface area contributed by atoms with E-state index in [1.54, 1.807) is 20.3 Å². The maximum Gasteiger partial charge on any atom is 0.331 e. The van der Waals surface area contributed by atoms with Crippen LogP contribution in [0.2, 0.25) is 0 Å². The molecule has 0 rings (SSSR count). The van der Waals surface area contributed by atoms with Crippen molar-refractivity contribution >= 4 is 5.97 Å². The fourth-order valence-electron chi connectivity index (χ4n) is 1.57. The van der Waals surface area contributed by atoms with Gasteiger partial charge in [-0.2, -0.15) is 0 Å². The van der Waals surface area contributed by atoms with Crippen LogP contribution in [0.5, 0.6) is 0 Å². The first-order chi connectivity index (χ1) is 8.65. The standard InChI is InChI=1S/C13H25NO4/c1-4-12(13(15)16)6-8-14(9-11-18-3)7-5-10-17-2/h6H,4-5,7-11H2,1-3H3,(H,15,16). The molecule has 0 fully saturated rings. The minimum absolute atomic E-state index is 0.462. The average Bonchev–Trinajstić information content (AvgIpc) is 2.35. The fourth-order valence-corrected chi connectivity index (χ4v) is 1.57. The van der Waals surface area contributed by atoms with Gasteiger partial charge in [0.15, 0.2) is 0 Å². The summed E-state index contributed by atoms with van der Waals surface area (Å²) in [5.41, 5.74) is 0.462. The predicted octanol–water partition coefficient (Wildman–Crippen LogP) is 1.39. The monoisotopic (exact) mass is 259 g/mol. The summed E-state index contributed by atoms with van der Waals surface area (Å²) >= 11 is 0. The van der Waals surface area contributed by atoms with E-state index in [1.807, 2.05) is 6.92 Å². The van der Waals surface area contributed by atoms with Crippen LogP contribution in [0.4, 0.5) is 0 Å². The van der Waals surface area contributed by atoms with Gasteiger partial charge in [0.1, 0.15) is 0 Å². The van der Waals surface area contributed by atoms with E-state index in [-0.39, 0.29) is 0 Å². The average molecular weight is 259 g/mol. The van der Waals surface area contributed by atoms with Crippen molar-refractivity contribution in [1.29, 1.82) is 0 Å². The molecule has 0 spiro atoms. The molecule has 0 aliphatic rings. The third-order valence-corrected chi connectivity index (χ3v) is 2.69. The van der Waals surface area contributed by atoms with Crippen LogP contribution in [-0.4, -0.2) is 63.0 Å². The van der Waals surface area contributed by atoms with Crippen LogP contribution in [0.1, 0.15) is 19.8 Å². The van der Waals surface area contributed by atoms with E-state index < -0.39 is 5.97 Å². The molecule has 5 nitrogen and oxygen atoms in total. The molecule has 0 saturated carbocycles. The van der Waals surface area contributed by atoms with Crippen LogP contribution in [0.3, 0.4) is 0 Å². The van der Waals surface area contributed by atoms with Gasteiger partial charge in [0.2, 0.25) is 0 Å². The molecule has 0 bridgehead atoms. The van der Waals surface area contributed by atoms with E-state index in [1.165, 1.54) is 0 Å². The van der Waals surface area contributed by atoms with Crippen molar-refractivity contribution in [1.82, 2.24) is 4.90 Å². The summed E-state index contributed by atoms with van der Waals surface area (Å²) in [7, 11) is 3.34. The first kappa shape index (κ1) is 17.1. The van der Waals surface area contributed by atoms with E-state index in [4.69, 9.17) is 14.6 Å². The Balaban J connectivity index is 4.23. The van der Waals surface area contributed by atoms with Gasteiger partial charge in [0.25, 0.3) is 0 Å². The van der Waals surface area contributed by atoms with Crippen molar-refractivity contribution in [2.45, 2.75) is 19.8 Å². The molecule has 18 heavy (non-hydrogen) atoms. The van der Waals surface area contributed by atoms with E-state index in [9.17, 15) is 4.79 Å². The van der Waals surface area contributed by atoms with E-state index in [0.717, 1.165) is 19.5 Å². The van der Waals surface area contributed by atoms with Crippen LogP contribution in [0, 0.1) is 0 Å². The summed E-state index contributed by atoms with van der Waals surface area (Å²) in [5, 5.41) is 8.94. The molecule has 0 heterocycles. The highest BCUT2D eigenvalue weighted by molar-refractivity contribution is 5.86. The summed E-state index contributed by atoms with van der Waals surface area (Å²) in [5.74, 6) is -0.832. The second-order valence-corrected chi connectivity index (χ2v) is 4.03. The molecule has 0 atom stereocenters. The smallest absolute Gasteiger partial charge is 0.331 e. The zero-order chi connectivity index (χ0) is 13.8. The lowest BCUT2D eigenvalue weighted by Gasteiger charge is -2.20. The summed E-state index contributed by atoms with van der Waals surface area (Å²) < 4.78 is 10.1. The maximum atomic E-state index is 10.9. The third kappa shape index (κ3) is 8.22. The van der Waals surface area contributed by atoms with Gasteiger partial charge < -0.3 is 14.6 Å². The molecular weight excluding hydrogens is 234 g/mol. The van der Waals surface area contributed by atoms with Crippen LogP contribution < -0.4 is 0 Å². The molecule has 0 unspecified atom stereocenters. The second kappa shape index (κ2) is 11.2. The number of carboxylic acids is 1. The number of hydrogen-bond donors (Lipinski definition) is 1. The van der Waals surface area contributed by atoms with E-state index in [0.29, 0.717) is 31.8 Å². The SMILES string of the molecule is CCC(=CCN(CCCOC)CCOC)C(=O)O. The quantitative estimate of drug-likeness (QED) is 0.449. The fraction of sp³-hybridized carbons (Fsp3) is 0.769. The number of ether oxygens (including phenoxy) is 2. The topological polar surface area (TPSA) is 59.0 Å². The molecule has 0 aliphatic heterocycles. The molecular formula is C13H25NO4. The third-order valence-electron chi connectivity index (χ3n) is 2.69. The van der Waals surface area contributed by atoms with Crippen molar-refractivity contribution in [2.75, 3.05) is 47.1 Å². The Bertz CT molecular complexity index is 253. The van der Waals surface area contributed by atoms with Crippen molar-refractivity contribution in [2.24, 2.45) is 0 Å². The Labute approximate surface area is 109 Å². The van der Waals surface area contributed by atoms with Gasteiger partial charge in [-0.15, -0.1) is 0 Å². The Kier molecular flexibility index (Phi) is 10.6. The van der Waals surface area contributed by atoms with E-state index in [2.05, 4.69) is 4.90 Å². The predicted molar refractivity (Wildman–Crippen MR) is 70.8 cm³/mol. The van der Waals surface area contributed by atoms with Gasteiger partial charge >= 0.3 is 5.97 Å².